The number of amides is 1. The first-order chi connectivity index (χ1) is 17.5. The van der Waals surface area contributed by atoms with E-state index in [1.165, 1.54) is 5.56 Å². The highest BCUT2D eigenvalue weighted by atomic mass is 16.7. The zero-order valence-corrected chi connectivity index (χ0v) is 22.3. The van der Waals surface area contributed by atoms with Crippen molar-refractivity contribution in [2.45, 2.75) is 70.8 Å². The molecule has 0 spiro atoms. The lowest BCUT2D eigenvalue weighted by Crippen LogP contribution is -2.60. The Labute approximate surface area is 220 Å². The molecule has 0 unspecified atom stereocenters. The molecule has 1 N–H and O–H groups in total. The third-order valence-electron chi connectivity index (χ3n) is 5.58. The van der Waals surface area contributed by atoms with E-state index in [4.69, 9.17) is 18.9 Å². The van der Waals surface area contributed by atoms with Crippen molar-refractivity contribution in [2.24, 2.45) is 0 Å². The number of rotatable bonds is 7. The Kier molecular flexibility index (Phi) is 9.21. The normalized spacial score (nSPS) is 16.0. The van der Waals surface area contributed by atoms with Crippen LogP contribution in [0.5, 0.6) is 5.75 Å². The van der Waals surface area contributed by atoms with Crippen LogP contribution in [0.15, 0.2) is 48.5 Å². The molecular formula is C30H36N2O5. The van der Waals surface area contributed by atoms with Crippen LogP contribution in [0, 0.1) is 23.2 Å². The molecule has 1 fully saturated rings. The van der Waals surface area contributed by atoms with Gasteiger partial charge in [0.15, 0.2) is 11.3 Å². The Balaban J connectivity index is 1.66. The number of ether oxygens (including phenoxy) is 4. The first-order valence-electron chi connectivity index (χ1n) is 12.5. The number of hydrogen-bond donors (Lipinski definition) is 1. The summed E-state index contributed by atoms with van der Waals surface area (Å²) < 4.78 is 22.9. The minimum absolute atomic E-state index is 0.127. The standard InChI is InChI=1S/C30H36N2O5/c1-28(2,3)37-27(33)32-30(21-35-29(4,5)36-22-30)17-16-24-14-15-26(25(19-24)20-31)34-18-10-9-13-23-11-7-6-8-12-23/h6-8,11-12,14-15,19H,9-10,13,18,21-22H2,1-5H3,(H,32,33). The van der Waals surface area contributed by atoms with Crippen molar-refractivity contribution in [1.82, 2.24) is 5.32 Å². The summed E-state index contributed by atoms with van der Waals surface area (Å²) in [5.74, 6) is 5.90. The number of nitrogens with zero attached hydrogens (tertiary/aromatic N) is 1. The van der Waals surface area contributed by atoms with Gasteiger partial charge in [-0.15, -0.1) is 0 Å². The lowest BCUT2D eigenvalue weighted by Gasteiger charge is -2.41. The van der Waals surface area contributed by atoms with Gasteiger partial charge in [-0.3, -0.25) is 0 Å². The number of nitriles is 1. The lowest BCUT2D eigenvalue weighted by atomic mass is 10.00. The molecule has 0 atom stereocenters. The van der Waals surface area contributed by atoms with Crippen molar-refractivity contribution in [3.63, 3.8) is 0 Å². The molecule has 196 valence electrons. The zero-order chi connectivity index (χ0) is 26.9. The number of carbonyl (C=O) groups excluding carboxylic acids is 1. The molecule has 37 heavy (non-hydrogen) atoms. The van der Waals surface area contributed by atoms with Gasteiger partial charge in [-0.2, -0.15) is 5.26 Å². The SMILES string of the molecule is CC(C)(C)OC(=O)NC1(C#Cc2ccc(OCCCCc3ccccc3)c(C#N)c2)COC(C)(C)OC1. The molecule has 1 amide bonds. The summed E-state index contributed by atoms with van der Waals surface area (Å²) in [7, 11) is 0. The summed E-state index contributed by atoms with van der Waals surface area (Å²) in [6.07, 6.45) is 2.27. The zero-order valence-electron chi connectivity index (χ0n) is 22.3. The molecule has 1 aliphatic rings. The number of benzene rings is 2. The van der Waals surface area contributed by atoms with Gasteiger partial charge in [-0.05, 0) is 77.6 Å². The van der Waals surface area contributed by atoms with Gasteiger partial charge in [0.1, 0.15) is 17.4 Å². The van der Waals surface area contributed by atoms with E-state index in [0.29, 0.717) is 23.5 Å². The maximum Gasteiger partial charge on any atom is 0.409 e. The summed E-state index contributed by atoms with van der Waals surface area (Å²) in [6.45, 7) is 9.76. The van der Waals surface area contributed by atoms with Crippen LogP contribution in [0.25, 0.3) is 0 Å². The number of nitrogens with one attached hydrogen (secondary N) is 1. The molecule has 7 nitrogen and oxygen atoms in total. The van der Waals surface area contributed by atoms with Crippen LogP contribution >= 0.6 is 0 Å². The second kappa shape index (κ2) is 12.1. The molecule has 1 aliphatic heterocycles. The molecule has 0 radical (unpaired) electrons. The van der Waals surface area contributed by atoms with Crippen LogP contribution in [0.1, 0.15) is 64.2 Å². The molecular weight excluding hydrogens is 468 g/mol. The summed E-state index contributed by atoms with van der Waals surface area (Å²) in [4.78, 5) is 12.5. The number of aryl methyl sites for hydroxylation is 1. The second-order valence-electron chi connectivity index (χ2n) is 10.6. The lowest BCUT2D eigenvalue weighted by molar-refractivity contribution is -0.262. The fourth-order valence-electron chi connectivity index (χ4n) is 3.62. The molecule has 0 aromatic heterocycles. The molecule has 0 aliphatic carbocycles. The quantitative estimate of drug-likeness (QED) is 0.403. The van der Waals surface area contributed by atoms with Crippen LogP contribution < -0.4 is 10.1 Å². The van der Waals surface area contributed by atoms with Gasteiger partial charge in [0.2, 0.25) is 0 Å². The van der Waals surface area contributed by atoms with Crippen molar-refractivity contribution < 1.29 is 23.7 Å². The highest BCUT2D eigenvalue weighted by Gasteiger charge is 2.41. The maximum atomic E-state index is 12.5. The summed E-state index contributed by atoms with van der Waals surface area (Å²) in [5.41, 5.74) is 0.565. The van der Waals surface area contributed by atoms with Crippen molar-refractivity contribution in [1.29, 1.82) is 5.26 Å². The van der Waals surface area contributed by atoms with E-state index in [0.717, 1.165) is 19.3 Å². The minimum Gasteiger partial charge on any atom is -0.492 e. The van der Waals surface area contributed by atoms with E-state index in [1.807, 2.05) is 18.2 Å². The molecule has 7 heteroatoms. The van der Waals surface area contributed by atoms with Gasteiger partial charge in [-0.1, -0.05) is 42.2 Å². The van der Waals surface area contributed by atoms with Crippen molar-refractivity contribution in [3.05, 3.63) is 65.2 Å². The van der Waals surface area contributed by atoms with E-state index in [9.17, 15) is 10.1 Å². The fourth-order valence-corrected chi connectivity index (χ4v) is 3.62. The number of alkyl carbamates (subject to hydrolysis) is 1. The van der Waals surface area contributed by atoms with Crippen LogP contribution in [0.3, 0.4) is 0 Å². The highest BCUT2D eigenvalue weighted by molar-refractivity contribution is 5.70. The van der Waals surface area contributed by atoms with E-state index in [-0.39, 0.29) is 13.2 Å². The van der Waals surface area contributed by atoms with E-state index in [1.54, 1.807) is 52.8 Å². The summed E-state index contributed by atoms with van der Waals surface area (Å²) >= 11 is 0. The minimum atomic E-state index is -1.10. The third-order valence-corrected chi connectivity index (χ3v) is 5.58. The van der Waals surface area contributed by atoms with E-state index >= 15 is 0 Å². The number of unbranched alkanes of at least 4 members (excludes halogenated alkanes) is 1. The van der Waals surface area contributed by atoms with Crippen LogP contribution in [0.2, 0.25) is 0 Å². The van der Waals surface area contributed by atoms with Gasteiger partial charge in [0, 0.05) is 5.56 Å². The predicted molar refractivity (Wildman–Crippen MR) is 141 cm³/mol. The maximum absolute atomic E-state index is 12.5. The van der Waals surface area contributed by atoms with Gasteiger partial charge >= 0.3 is 6.09 Å². The predicted octanol–water partition coefficient (Wildman–Crippen LogP) is 5.36. The monoisotopic (exact) mass is 504 g/mol. The first-order valence-corrected chi connectivity index (χ1v) is 12.5. The largest absolute Gasteiger partial charge is 0.492 e. The molecule has 2 aromatic rings. The van der Waals surface area contributed by atoms with Crippen molar-refractivity contribution in [2.75, 3.05) is 19.8 Å². The number of hydrogen-bond acceptors (Lipinski definition) is 6. The Morgan fingerprint density at radius 1 is 1.08 bits per heavy atom. The van der Waals surface area contributed by atoms with Crippen LogP contribution in [-0.4, -0.2) is 42.8 Å². The Morgan fingerprint density at radius 2 is 1.78 bits per heavy atom. The molecule has 2 aromatic carbocycles. The molecule has 3 rings (SSSR count). The average Bonchev–Trinajstić information content (AvgIpc) is 2.84. The van der Waals surface area contributed by atoms with Gasteiger partial charge < -0.3 is 24.3 Å². The van der Waals surface area contributed by atoms with Crippen molar-refractivity contribution >= 4 is 6.09 Å². The number of carbonyl (C=O) groups is 1. The molecule has 0 saturated carbocycles. The van der Waals surface area contributed by atoms with Crippen LogP contribution in [-0.2, 0) is 20.6 Å². The molecule has 1 heterocycles. The average molecular weight is 505 g/mol. The topological polar surface area (TPSA) is 89.8 Å². The van der Waals surface area contributed by atoms with E-state index < -0.39 is 23.0 Å². The van der Waals surface area contributed by atoms with Gasteiger partial charge in [0.25, 0.3) is 0 Å². The molecule has 1 saturated heterocycles. The Morgan fingerprint density at radius 3 is 2.43 bits per heavy atom. The van der Waals surface area contributed by atoms with E-state index in [2.05, 4.69) is 35.4 Å². The summed E-state index contributed by atoms with van der Waals surface area (Å²) in [5, 5.41) is 12.5. The Bertz CT molecular complexity index is 1160. The second-order valence-corrected chi connectivity index (χ2v) is 10.6. The van der Waals surface area contributed by atoms with Crippen molar-refractivity contribution in [3.8, 4) is 23.7 Å². The van der Waals surface area contributed by atoms with Gasteiger partial charge in [-0.25, -0.2) is 4.79 Å². The Hall–Kier alpha value is -3.52. The highest BCUT2D eigenvalue weighted by Crippen LogP contribution is 2.25. The smallest absolute Gasteiger partial charge is 0.409 e. The molecule has 0 bridgehead atoms. The van der Waals surface area contributed by atoms with Crippen LogP contribution in [0.4, 0.5) is 4.79 Å². The first kappa shape index (κ1) is 28.1. The third kappa shape index (κ3) is 9.13. The van der Waals surface area contributed by atoms with Gasteiger partial charge in [0.05, 0.1) is 25.4 Å². The summed E-state index contributed by atoms with van der Waals surface area (Å²) in [6, 6.07) is 17.8. The fraction of sp³-hybridized carbons (Fsp3) is 0.467.